The maximum Gasteiger partial charge on any atom is 0.0434 e. The predicted molar refractivity (Wildman–Crippen MR) is 81.4 cm³/mol. The second-order valence-corrected chi connectivity index (χ2v) is 6.29. The molecule has 1 saturated carbocycles. The Kier molecular flexibility index (Phi) is 5.26. The van der Waals surface area contributed by atoms with Crippen molar-refractivity contribution in [2.45, 2.75) is 52.0 Å². The lowest BCUT2D eigenvalue weighted by Crippen LogP contribution is -2.30. The average molecular weight is 261 g/mol. The molecule has 19 heavy (non-hydrogen) atoms. The lowest BCUT2D eigenvalue weighted by atomic mass is 9.80. The Balaban J connectivity index is 1.94. The summed E-state index contributed by atoms with van der Waals surface area (Å²) in [6.07, 6.45) is 5.75. The molecule has 0 saturated heterocycles. The van der Waals surface area contributed by atoms with Crippen LogP contribution in [0.2, 0.25) is 0 Å². The van der Waals surface area contributed by atoms with Gasteiger partial charge in [-0.1, -0.05) is 26.0 Å². The second kappa shape index (κ2) is 6.95. The Morgan fingerprint density at radius 1 is 1.16 bits per heavy atom. The molecule has 1 aromatic rings. The third-order valence-electron chi connectivity index (χ3n) is 4.10. The highest BCUT2D eigenvalue weighted by Gasteiger charge is 2.23. The quantitative estimate of drug-likeness (QED) is 0.844. The molecule has 2 N–H and O–H groups in total. The van der Waals surface area contributed by atoms with Crippen molar-refractivity contribution in [3.63, 3.8) is 0 Å². The van der Waals surface area contributed by atoms with Crippen LogP contribution >= 0.6 is 0 Å². The van der Waals surface area contributed by atoms with Gasteiger partial charge in [-0.15, -0.1) is 0 Å². The van der Waals surface area contributed by atoms with E-state index in [4.69, 9.17) is 5.11 Å². The Labute approximate surface area is 117 Å². The molecular formula is C17H27NO. The Morgan fingerprint density at radius 2 is 1.89 bits per heavy atom. The van der Waals surface area contributed by atoms with Gasteiger partial charge in [-0.25, -0.2) is 0 Å². The van der Waals surface area contributed by atoms with Crippen molar-refractivity contribution in [2.24, 2.45) is 11.8 Å². The number of anilines is 1. The van der Waals surface area contributed by atoms with Crippen LogP contribution in [-0.2, 0) is 6.42 Å². The van der Waals surface area contributed by atoms with Gasteiger partial charge >= 0.3 is 0 Å². The van der Waals surface area contributed by atoms with E-state index in [1.165, 1.54) is 30.5 Å². The highest BCUT2D eigenvalue weighted by molar-refractivity contribution is 5.46. The van der Waals surface area contributed by atoms with Crippen molar-refractivity contribution < 1.29 is 5.11 Å². The van der Waals surface area contributed by atoms with Crippen molar-refractivity contribution in [2.75, 3.05) is 11.9 Å². The molecule has 0 aliphatic heterocycles. The van der Waals surface area contributed by atoms with Gasteiger partial charge in [-0.05, 0) is 61.6 Å². The third kappa shape index (κ3) is 4.54. The van der Waals surface area contributed by atoms with Crippen molar-refractivity contribution in [3.8, 4) is 0 Å². The summed E-state index contributed by atoms with van der Waals surface area (Å²) >= 11 is 0. The minimum atomic E-state index is 0.273. The fourth-order valence-corrected chi connectivity index (χ4v) is 3.40. The van der Waals surface area contributed by atoms with Gasteiger partial charge in [0.05, 0.1) is 0 Å². The minimum absolute atomic E-state index is 0.273. The first kappa shape index (κ1) is 14.4. The number of rotatable bonds is 5. The summed E-state index contributed by atoms with van der Waals surface area (Å²) < 4.78 is 0. The molecule has 1 aliphatic carbocycles. The topological polar surface area (TPSA) is 32.3 Å². The summed E-state index contributed by atoms with van der Waals surface area (Å²) in [6.45, 7) is 5.00. The number of hydrogen-bond donors (Lipinski definition) is 2. The van der Waals surface area contributed by atoms with Gasteiger partial charge in [-0.3, -0.25) is 0 Å². The highest BCUT2D eigenvalue weighted by Crippen LogP contribution is 2.30. The zero-order valence-electron chi connectivity index (χ0n) is 12.2. The second-order valence-electron chi connectivity index (χ2n) is 6.29. The van der Waals surface area contributed by atoms with Gasteiger partial charge in [0.15, 0.2) is 0 Å². The summed E-state index contributed by atoms with van der Waals surface area (Å²) in [5.74, 6) is 1.66. The first-order valence-corrected chi connectivity index (χ1v) is 7.63. The van der Waals surface area contributed by atoms with Crippen molar-refractivity contribution in [1.29, 1.82) is 0 Å². The molecule has 0 heterocycles. The molecule has 0 aromatic heterocycles. The third-order valence-corrected chi connectivity index (χ3v) is 4.10. The smallest absolute Gasteiger partial charge is 0.0434 e. The Morgan fingerprint density at radius 3 is 2.58 bits per heavy atom. The number of benzene rings is 1. The average Bonchev–Trinajstić information content (AvgIpc) is 2.35. The van der Waals surface area contributed by atoms with Crippen LogP contribution in [0.1, 0.15) is 45.1 Å². The van der Waals surface area contributed by atoms with Crippen molar-refractivity contribution in [3.05, 3.63) is 29.8 Å². The SMILES string of the molecule is CC1CC(C)CC(Nc2cccc(CCCO)c2)C1. The van der Waals surface area contributed by atoms with Crippen LogP contribution in [-0.4, -0.2) is 17.8 Å². The van der Waals surface area contributed by atoms with Crippen molar-refractivity contribution in [1.82, 2.24) is 0 Å². The molecule has 1 aliphatic rings. The monoisotopic (exact) mass is 261 g/mol. The van der Waals surface area contributed by atoms with E-state index in [-0.39, 0.29) is 6.61 Å². The van der Waals surface area contributed by atoms with E-state index >= 15 is 0 Å². The first-order valence-electron chi connectivity index (χ1n) is 7.63. The molecule has 2 rings (SSSR count). The minimum Gasteiger partial charge on any atom is -0.396 e. The normalized spacial score (nSPS) is 27.2. The largest absolute Gasteiger partial charge is 0.396 e. The fourth-order valence-electron chi connectivity index (χ4n) is 3.40. The molecule has 1 aromatic carbocycles. The Hall–Kier alpha value is -1.02. The summed E-state index contributed by atoms with van der Waals surface area (Å²) in [7, 11) is 0. The van der Waals surface area contributed by atoms with Crippen LogP contribution in [0.5, 0.6) is 0 Å². The molecule has 0 spiro atoms. The van der Waals surface area contributed by atoms with Crippen LogP contribution in [0.4, 0.5) is 5.69 Å². The molecule has 2 nitrogen and oxygen atoms in total. The van der Waals surface area contributed by atoms with E-state index < -0.39 is 0 Å². The summed E-state index contributed by atoms with van der Waals surface area (Å²) in [4.78, 5) is 0. The molecule has 0 radical (unpaired) electrons. The van der Waals surface area contributed by atoms with Gasteiger partial charge in [0.2, 0.25) is 0 Å². The molecule has 2 heteroatoms. The Bertz CT molecular complexity index is 381. The fraction of sp³-hybridized carbons (Fsp3) is 0.647. The van der Waals surface area contributed by atoms with Gasteiger partial charge in [-0.2, -0.15) is 0 Å². The molecule has 0 bridgehead atoms. The van der Waals surface area contributed by atoms with E-state index in [0.717, 1.165) is 24.7 Å². The van der Waals surface area contributed by atoms with E-state index in [1.807, 2.05) is 0 Å². The number of nitrogens with one attached hydrogen (secondary N) is 1. The lowest BCUT2D eigenvalue weighted by Gasteiger charge is -2.32. The van der Waals surface area contributed by atoms with Crippen LogP contribution in [0.15, 0.2) is 24.3 Å². The number of aliphatic hydroxyl groups excluding tert-OH is 1. The van der Waals surface area contributed by atoms with Crippen LogP contribution in [0.25, 0.3) is 0 Å². The van der Waals surface area contributed by atoms with Gasteiger partial charge in [0.1, 0.15) is 0 Å². The summed E-state index contributed by atoms with van der Waals surface area (Å²) in [5.41, 5.74) is 2.55. The molecule has 0 amide bonds. The zero-order valence-corrected chi connectivity index (χ0v) is 12.2. The number of aliphatic hydroxyl groups is 1. The highest BCUT2D eigenvalue weighted by atomic mass is 16.2. The number of aryl methyl sites for hydroxylation is 1. The summed E-state index contributed by atoms with van der Waals surface area (Å²) in [5, 5.41) is 12.6. The van der Waals surface area contributed by atoms with E-state index in [1.54, 1.807) is 0 Å². The standard InChI is InChI=1S/C17H27NO/c1-13-9-14(2)11-17(10-13)18-16-7-3-5-15(12-16)6-4-8-19/h3,5,7,12-14,17-19H,4,6,8-11H2,1-2H3. The van der Waals surface area contributed by atoms with E-state index in [2.05, 4.69) is 43.4 Å². The maximum absolute atomic E-state index is 8.90. The van der Waals surface area contributed by atoms with Crippen LogP contribution in [0.3, 0.4) is 0 Å². The van der Waals surface area contributed by atoms with Crippen molar-refractivity contribution >= 4 is 5.69 Å². The molecule has 2 unspecified atom stereocenters. The molecule has 1 fully saturated rings. The van der Waals surface area contributed by atoms with Gasteiger partial charge < -0.3 is 10.4 Å². The zero-order chi connectivity index (χ0) is 13.7. The lowest BCUT2D eigenvalue weighted by molar-refractivity contribution is 0.281. The summed E-state index contributed by atoms with van der Waals surface area (Å²) in [6, 6.07) is 9.27. The van der Waals surface area contributed by atoms with Crippen LogP contribution < -0.4 is 5.32 Å². The van der Waals surface area contributed by atoms with E-state index in [9.17, 15) is 0 Å². The number of hydrogen-bond acceptors (Lipinski definition) is 2. The predicted octanol–water partition coefficient (Wildman–Crippen LogP) is 3.85. The first-order chi connectivity index (χ1) is 9.17. The van der Waals surface area contributed by atoms with Gasteiger partial charge in [0, 0.05) is 18.3 Å². The molecule has 2 atom stereocenters. The van der Waals surface area contributed by atoms with Gasteiger partial charge in [0.25, 0.3) is 0 Å². The molecule has 106 valence electrons. The van der Waals surface area contributed by atoms with Crippen LogP contribution in [0, 0.1) is 11.8 Å². The van der Waals surface area contributed by atoms with E-state index in [0.29, 0.717) is 6.04 Å². The molecular weight excluding hydrogens is 234 g/mol. The maximum atomic E-state index is 8.90.